The summed E-state index contributed by atoms with van der Waals surface area (Å²) in [6, 6.07) is 3.66. The van der Waals surface area contributed by atoms with E-state index in [1.54, 1.807) is 0 Å². The summed E-state index contributed by atoms with van der Waals surface area (Å²) in [4.78, 5) is 1.93. The van der Waals surface area contributed by atoms with E-state index in [0.717, 1.165) is 6.07 Å². The maximum absolute atomic E-state index is 12.9. The predicted octanol–water partition coefficient (Wildman–Crippen LogP) is -0.554. The first-order valence-electron chi connectivity index (χ1n) is 4.94. The van der Waals surface area contributed by atoms with E-state index in [0.29, 0.717) is 18.9 Å². The smallest absolute Gasteiger partial charge is 0.492 e. The Balaban J connectivity index is 2.71. The number of hydrogen-bond acceptors (Lipinski definition) is 4. The molecule has 0 radical (unpaired) electrons. The van der Waals surface area contributed by atoms with E-state index in [1.807, 2.05) is 19.0 Å². The molecule has 0 atom stereocenters. The molecule has 0 aliphatic heterocycles. The summed E-state index contributed by atoms with van der Waals surface area (Å²) in [5, 5.41) is 18.1. The third-order valence-corrected chi connectivity index (χ3v) is 2.05. The average Bonchev–Trinajstić information content (AvgIpc) is 2.19. The molecule has 1 aromatic rings. The molecular weight excluding hydrogens is 212 g/mol. The third kappa shape index (κ3) is 3.81. The van der Waals surface area contributed by atoms with Crippen LogP contribution < -0.4 is 10.2 Å². The minimum absolute atomic E-state index is 0.0405. The fraction of sp³-hybridized carbons (Fsp3) is 0.400. The van der Waals surface area contributed by atoms with Crippen molar-refractivity contribution in [1.29, 1.82) is 0 Å². The first kappa shape index (κ1) is 13.0. The molecule has 88 valence electrons. The van der Waals surface area contributed by atoms with E-state index in [1.165, 1.54) is 12.1 Å². The van der Waals surface area contributed by atoms with Crippen molar-refractivity contribution in [3.05, 3.63) is 24.0 Å². The molecule has 1 aromatic carbocycles. The van der Waals surface area contributed by atoms with E-state index in [9.17, 15) is 4.39 Å². The zero-order chi connectivity index (χ0) is 12.1. The van der Waals surface area contributed by atoms with Gasteiger partial charge in [0, 0.05) is 12.0 Å². The number of likely N-dealkylation sites (N-methyl/N-ethyl adjacent to an activating group) is 1. The Hall–Kier alpha value is -1.11. The second-order valence-electron chi connectivity index (χ2n) is 3.71. The van der Waals surface area contributed by atoms with Crippen molar-refractivity contribution in [3.8, 4) is 5.75 Å². The summed E-state index contributed by atoms with van der Waals surface area (Å²) in [7, 11) is 2.07. The Morgan fingerprint density at radius 3 is 2.62 bits per heavy atom. The Morgan fingerprint density at radius 2 is 2.06 bits per heavy atom. The second-order valence-corrected chi connectivity index (χ2v) is 3.71. The zero-order valence-corrected chi connectivity index (χ0v) is 9.35. The van der Waals surface area contributed by atoms with Crippen molar-refractivity contribution in [2.75, 3.05) is 27.2 Å². The van der Waals surface area contributed by atoms with Crippen LogP contribution in [0.25, 0.3) is 0 Å². The first-order valence-corrected chi connectivity index (χ1v) is 4.94. The van der Waals surface area contributed by atoms with Crippen molar-refractivity contribution in [2.45, 2.75) is 0 Å². The molecule has 0 saturated carbocycles. The van der Waals surface area contributed by atoms with Gasteiger partial charge in [-0.05, 0) is 32.3 Å². The van der Waals surface area contributed by atoms with E-state index >= 15 is 0 Å². The highest BCUT2D eigenvalue weighted by Crippen LogP contribution is 2.09. The molecule has 6 heteroatoms. The molecule has 0 aliphatic carbocycles. The zero-order valence-electron chi connectivity index (χ0n) is 9.35. The van der Waals surface area contributed by atoms with Crippen LogP contribution in [0.2, 0.25) is 0 Å². The van der Waals surface area contributed by atoms with Gasteiger partial charge in [0.05, 0.1) is 0 Å². The Morgan fingerprint density at radius 1 is 1.38 bits per heavy atom. The van der Waals surface area contributed by atoms with Gasteiger partial charge in [0.25, 0.3) is 0 Å². The van der Waals surface area contributed by atoms with Gasteiger partial charge in [0.2, 0.25) is 0 Å². The van der Waals surface area contributed by atoms with Crippen LogP contribution in [-0.2, 0) is 0 Å². The van der Waals surface area contributed by atoms with E-state index in [4.69, 9.17) is 14.8 Å². The monoisotopic (exact) mass is 227 g/mol. The Labute approximate surface area is 94.4 Å². The summed E-state index contributed by atoms with van der Waals surface area (Å²) in [5.41, 5.74) is 0.0405. The fourth-order valence-electron chi connectivity index (χ4n) is 1.19. The summed E-state index contributed by atoms with van der Waals surface area (Å²) in [6.07, 6.45) is 0. The molecule has 0 aliphatic rings. The molecule has 0 aromatic heterocycles. The molecule has 16 heavy (non-hydrogen) atoms. The standard InChI is InChI=1S/C10H15BFNO3/c1-13(2)5-6-16-10-4-3-8(12)7-9(10)11(14)15/h3-4,7,14-15H,5-6H2,1-2H3. The van der Waals surface area contributed by atoms with Crippen LogP contribution in [0.1, 0.15) is 0 Å². The van der Waals surface area contributed by atoms with Crippen molar-refractivity contribution in [3.63, 3.8) is 0 Å². The molecule has 0 unspecified atom stereocenters. The van der Waals surface area contributed by atoms with Crippen molar-refractivity contribution >= 4 is 12.6 Å². The predicted molar refractivity (Wildman–Crippen MR) is 60.3 cm³/mol. The Bertz CT molecular complexity index is 347. The molecule has 4 nitrogen and oxygen atoms in total. The van der Waals surface area contributed by atoms with Crippen LogP contribution in [0.5, 0.6) is 5.75 Å². The number of nitrogens with zero attached hydrogens (tertiary/aromatic N) is 1. The summed E-state index contributed by atoms with van der Waals surface area (Å²) >= 11 is 0. The summed E-state index contributed by atoms with van der Waals surface area (Å²) in [6.45, 7) is 1.09. The van der Waals surface area contributed by atoms with Crippen LogP contribution in [0.3, 0.4) is 0 Å². The number of ether oxygens (including phenoxy) is 1. The second kappa shape index (κ2) is 5.84. The van der Waals surface area contributed by atoms with Crippen LogP contribution in [0.4, 0.5) is 4.39 Å². The lowest BCUT2D eigenvalue weighted by Crippen LogP contribution is -2.32. The lowest BCUT2D eigenvalue weighted by molar-refractivity contribution is 0.262. The highest BCUT2D eigenvalue weighted by atomic mass is 19.1. The highest BCUT2D eigenvalue weighted by molar-refractivity contribution is 6.59. The minimum atomic E-state index is -1.73. The minimum Gasteiger partial charge on any atom is -0.493 e. The summed E-state index contributed by atoms with van der Waals surface area (Å²) < 4.78 is 18.2. The van der Waals surface area contributed by atoms with Crippen molar-refractivity contribution in [1.82, 2.24) is 4.90 Å². The van der Waals surface area contributed by atoms with Gasteiger partial charge in [-0.1, -0.05) is 0 Å². The summed E-state index contributed by atoms with van der Waals surface area (Å²) in [5.74, 6) is -0.235. The number of halogens is 1. The Kier molecular flexibility index (Phi) is 4.73. The van der Waals surface area contributed by atoms with Gasteiger partial charge in [0.1, 0.15) is 18.2 Å². The van der Waals surface area contributed by atoms with Crippen LogP contribution >= 0.6 is 0 Å². The molecular formula is C10H15BFNO3. The maximum Gasteiger partial charge on any atom is 0.492 e. The quantitative estimate of drug-likeness (QED) is 0.662. The largest absolute Gasteiger partial charge is 0.493 e. The number of benzene rings is 1. The van der Waals surface area contributed by atoms with Crippen LogP contribution in [0.15, 0.2) is 18.2 Å². The first-order chi connectivity index (χ1) is 7.50. The van der Waals surface area contributed by atoms with E-state index in [2.05, 4.69) is 0 Å². The topological polar surface area (TPSA) is 52.9 Å². The highest BCUT2D eigenvalue weighted by Gasteiger charge is 2.17. The fourth-order valence-corrected chi connectivity index (χ4v) is 1.19. The third-order valence-electron chi connectivity index (χ3n) is 2.05. The van der Waals surface area contributed by atoms with Crippen molar-refractivity contribution < 1.29 is 19.2 Å². The molecule has 1 rings (SSSR count). The molecule has 0 heterocycles. The van der Waals surface area contributed by atoms with E-state index < -0.39 is 12.9 Å². The van der Waals surface area contributed by atoms with Gasteiger partial charge in [-0.15, -0.1) is 0 Å². The molecule has 2 N–H and O–H groups in total. The molecule has 0 amide bonds. The normalized spacial score (nSPS) is 10.6. The maximum atomic E-state index is 12.9. The molecule has 0 bridgehead atoms. The van der Waals surface area contributed by atoms with Gasteiger partial charge < -0.3 is 19.7 Å². The molecule has 0 spiro atoms. The van der Waals surface area contributed by atoms with E-state index in [-0.39, 0.29) is 5.46 Å². The van der Waals surface area contributed by atoms with Gasteiger partial charge >= 0.3 is 7.12 Å². The van der Waals surface area contributed by atoms with Gasteiger partial charge in [-0.25, -0.2) is 4.39 Å². The van der Waals surface area contributed by atoms with Crippen LogP contribution in [0, 0.1) is 5.82 Å². The van der Waals surface area contributed by atoms with Crippen LogP contribution in [-0.4, -0.2) is 49.3 Å². The van der Waals surface area contributed by atoms with Gasteiger partial charge in [-0.3, -0.25) is 0 Å². The molecule has 0 fully saturated rings. The SMILES string of the molecule is CN(C)CCOc1ccc(F)cc1B(O)O. The average molecular weight is 227 g/mol. The number of rotatable bonds is 5. The van der Waals surface area contributed by atoms with Gasteiger partial charge in [-0.2, -0.15) is 0 Å². The van der Waals surface area contributed by atoms with Crippen molar-refractivity contribution in [2.24, 2.45) is 0 Å². The number of hydrogen-bond donors (Lipinski definition) is 2. The lowest BCUT2D eigenvalue weighted by atomic mass is 9.79. The lowest BCUT2D eigenvalue weighted by Gasteiger charge is -2.13. The molecule has 0 saturated heterocycles. The van der Waals surface area contributed by atoms with Gasteiger partial charge in [0.15, 0.2) is 0 Å².